The summed E-state index contributed by atoms with van der Waals surface area (Å²) in [6.07, 6.45) is 0. The summed E-state index contributed by atoms with van der Waals surface area (Å²) < 4.78 is 0. The third-order valence-corrected chi connectivity index (χ3v) is 2.41. The maximum Gasteiger partial charge on any atom is 0.221 e. The van der Waals surface area contributed by atoms with E-state index in [1.165, 1.54) is 0 Å². The Bertz CT molecular complexity index is 393. The standard InChI is InChI=1S/C8H6ClN3S/c9-7-3-6(11-8(10)12-7)5-1-2-13-4-5/h1-4H,(H2,10,11,12). The van der Waals surface area contributed by atoms with Gasteiger partial charge in [0.2, 0.25) is 5.95 Å². The number of aromatic nitrogens is 2. The second kappa shape index (κ2) is 3.32. The van der Waals surface area contributed by atoms with Crippen molar-refractivity contribution < 1.29 is 0 Å². The van der Waals surface area contributed by atoms with Crippen LogP contribution in [-0.4, -0.2) is 9.97 Å². The molecule has 0 bridgehead atoms. The summed E-state index contributed by atoms with van der Waals surface area (Å²) >= 11 is 7.34. The minimum Gasteiger partial charge on any atom is -0.368 e. The van der Waals surface area contributed by atoms with Crippen LogP contribution in [0.25, 0.3) is 11.3 Å². The van der Waals surface area contributed by atoms with Crippen LogP contribution in [0, 0.1) is 0 Å². The Morgan fingerprint density at radius 3 is 2.85 bits per heavy atom. The summed E-state index contributed by atoms with van der Waals surface area (Å²) in [5, 5.41) is 4.33. The van der Waals surface area contributed by atoms with E-state index >= 15 is 0 Å². The summed E-state index contributed by atoms with van der Waals surface area (Å²) in [5.74, 6) is 0.203. The maximum absolute atomic E-state index is 5.74. The highest BCUT2D eigenvalue weighted by molar-refractivity contribution is 7.08. The van der Waals surface area contributed by atoms with Crippen molar-refractivity contribution in [2.45, 2.75) is 0 Å². The molecule has 5 heteroatoms. The number of nitrogen functional groups attached to an aromatic ring is 1. The summed E-state index contributed by atoms with van der Waals surface area (Å²) in [4.78, 5) is 7.85. The van der Waals surface area contributed by atoms with Crippen LogP contribution in [-0.2, 0) is 0 Å². The fourth-order valence-electron chi connectivity index (χ4n) is 0.993. The van der Waals surface area contributed by atoms with Crippen LogP contribution in [0.2, 0.25) is 5.15 Å². The van der Waals surface area contributed by atoms with Gasteiger partial charge in [0.1, 0.15) is 5.15 Å². The first-order chi connectivity index (χ1) is 6.25. The monoisotopic (exact) mass is 211 g/mol. The van der Waals surface area contributed by atoms with Gasteiger partial charge in [0.05, 0.1) is 5.69 Å². The average molecular weight is 212 g/mol. The first-order valence-corrected chi connectivity index (χ1v) is 4.90. The molecule has 0 radical (unpaired) electrons. The molecule has 2 rings (SSSR count). The van der Waals surface area contributed by atoms with E-state index in [2.05, 4.69) is 9.97 Å². The quantitative estimate of drug-likeness (QED) is 0.738. The summed E-state index contributed by atoms with van der Waals surface area (Å²) in [5.41, 5.74) is 7.24. The molecule has 0 spiro atoms. The lowest BCUT2D eigenvalue weighted by Crippen LogP contribution is -1.95. The molecule has 0 aromatic carbocycles. The minimum atomic E-state index is 0.203. The van der Waals surface area contributed by atoms with Crippen molar-refractivity contribution in [3.05, 3.63) is 28.0 Å². The lowest BCUT2D eigenvalue weighted by molar-refractivity contribution is 1.19. The molecule has 0 unspecified atom stereocenters. The van der Waals surface area contributed by atoms with Crippen LogP contribution >= 0.6 is 22.9 Å². The van der Waals surface area contributed by atoms with Crippen molar-refractivity contribution in [2.75, 3.05) is 5.73 Å². The first-order valence-electron chi connectivity index (χ1n) is 3.58. The smallest absolute Gasteiger partial charge is 0.221 e. The van der Waals surface area contributed by atoms with E-state index in [9.17, 15) is 0 Å². The van der Waals surface area contributed by atoms with Gasteiger partial charge in [0.25, 0.3) is 0 Å². The van der Waals surface area contributed by atoms with Crippen molar-refractivity contribution in [3.8, 4) is 11.3 Å². The molecule has 0 saturated heterocycles. The maximum atomic E-state index is 5.74. The molecule has 0 amide bonds. The minimum absolute atomic E-state index is 0.203. The van der Waals surface area contributed by atoms with E-state index in [4.69, 9.17) is 17.3 Å². The molecule has 0 aliphatic carbocycles. The predicted molar refractivity (Wildman–Crippen MR) is 54.8 cm³/mol. The van der Waals surface area contributed by atoms with Crippen molar-refractivity contribution >= 4 is 28.9 Å². The number of thiophene rings is 1. The van der Waals surface area contributed by atoms with Gasteiger partial charge < -0.3 is 5.73 Å². The number of halogens is 1. The van der Waals surface area contributed by atoms with Crippen LogP contribution in [0.15, 0.2) is 22.9 Å². The van der Waals surface area contributed by atoms with Crippen molar-refractivity contribution in [2.24, 2.45) is 0 Å². The molecular weight excluding hydrogens is 206 g/mol. The van der Waals surface area contributed by atoms with E-state index in [0.717, 1.165) is 11.3 Å². The van der Waals surface area contributed by atoms with E-state index in [-0.39, 0.29) is 5.95 Å². The molecule has 0 atom stereocenters. The third kappa shape index (κ3) is 1.79. The second-order valence-corrected chi connectivity index (χ2v) is 3.61. The number of hydrogen-bond acceptors (Lipinski definition) is 4. The molecule has 0 aliphatic rings. The molecule has 0 aliphatic heterocycles. The average Bonchev–Trinajstić information content (AvgIpc) is 2.53. The number of nitrogens with zero attached hydrogens (tertiary/aromatic N) is 2. The van der Waals surface area contributed by atoms with Crippen molar-refractivity contribution in [1.29, 1.82) is 0 Å². The first kappa shape index (κ1) is 8.47. The molecule has 0 fully saturated rings. The van der Waals surface area contributed by atoms with Gasteiger partial charge in [0, 0.05) is 17.0 Å². The second-order valence-electron chi connectivity index (χ2n) is 2.45. The zero-order valence-electron chi connectivity index (χ0n) is 6.57. The summed E-state index contributed by atoms with van der Waals surface area (Å²) in [6.45, 7) is 0. The molecule has 0 saturated carbocycles. The Morgan fingerprint density at radius 1 is 1.38 bits per heavy atom. The Kier molecular flexibility index (Phi) is 2.16. The largest absolute Gasteiger partial charge is 0.368 e. The van der Waals surface area contributed by atoms with Crippen LogP contribution < -0.4 is 5.73 Å². The molecular formula is C8H6ClN3S. The molecule has 2 N–H and O–H groups in total. The van der Waals surface area contributed by atoms with E-state index in [0.29, 0.717) is 5.15 Å². The number of hydrogen-bond donors (Lipinski definition) is 1. The fourth-order valence-corrected chi connectivity index (χ4v) is 1.83. The van der Waals surface area contributed by atoms with Gasteiger partial charge in [-0.3, -0.25) is 0 Å². The lowest BCUT2D eigenvalue weighted by atomic mass is 10.2. The van der Waals surface area contributed by atoms with Gasteiger partial charge in [-0.05, 0) is 11.4 Å². The zero-order valence-corrected chi connectivity index (χ0v) is 8.14. The highest BCUT2D eigenvalue weighted by Gasteiger charge is 2.02. The van der Waals surface area contributed by atoms with Gasteiger partial charge in [-0.15, -0.1) is 0 Å². The fraction of sp³-hybridized carbons (Fsp3) is 0. The van der Waals surface area contributed by atoms with Gasteiger partial charge in [-0.1, -0.05) is 11.6 Å². The van der Waals surface area contributed by atoms with E-state index in [1.807, 2.05) is 16.8 Å². The Balaban J connectivity index is 2.53. The SMILES string of the molecule is Nc1nc(Cl)cc(-c2ccsc2)n1. The normalized spacial score (nSPS) is 10.2. The van der Waals surface area contributed by atoms with Crippen molar-refractivity contribution in [1.82, 2.24) is 9.97 Å². The molecule has 3 nitrogen and oxygen atoms in total. The van der Waals surface area contributed by atoms with Gasteiger partial charge in [-0.2, -0.15) is 11.3 Å². The van der Waals surface area contributed by atoms with Crippen LogP contribution in [0.3, 0.4) is 0 Å². The number of nitrogens with two attached hydrogens (primary N) is 1. The molecule has 13 heavy (non-hydrogen) atoms. The molecule has 2 heterocycles. The number of anilines is 1. The van der Waals surface area contributed by atoms with E-state index < -0.39 is 0 Å². The number of rotatable bonds is 1. The third-order valence-electron chi connectivity index (χ3n) is 1.53. The Labute approximate surface area is 84.2 Å². The Hall–Kier alpha value is -1.13. The molecule has 2 aromatic heterocycles. The van der Waals surface area contributed by atoms with Crippen LogP contribution in [0.1, 0.15) is 0 Å². The molecule has 2 aromatic rings. The highest BCUT2D eigenvalue weighted by Crippen LogP contribution is 2.22. The van der Waals surface area contributed by atoms with E-state index in [1.54, 1.807) is 17.4 Å². The summed E-state index contributed by atoms with van der Waals surface area (Å²) in [7, 11) is 0. The Morgan fingerprint density at radius 2 is 2.23 bits per heavy atom. The predicted octanol–water partition coefficient (Wildman–Crippen LogP) is 2.44. The van der Waals surface area contributed by atoms with Gasteiger partial charge in [-0.25, -0.2) is 9.97 Å². The van der Waals surface area contributed by atoms with Crippen molar-refractivity contribution in [3.63, 3.8) is 0 Å². The van der Waals surface area contributed by atoms with Crippen LogP contribution in [0.4, 0.5) is 5.95 Å². The lowest BCUT2D eigenvalue weighted by Gasteiger charge is -1.98. The van der Waals surface area contributed by atoms with Crippen LogP contribution in [0.5, 0.6) is 0 Å². The molecule has 66 valence electrons. The zero-order chi connectivity index (χ0) is 9.26. The van der Waals surface area contributed by atoms with Gasteiger partial charge in [0.15, 0.2) is 0 Å². The van der Waals surface area contributed by atoms with Gasteiger partial charge >= 0.3 is 0 Å². The topological polar surface area (TPSA) is 51.8 Å². The highest BCUT2D eigenvalue weighted by atomic mass is 35.5. The summed E-state index contributed by atoms with van der Waals surface area (Å²) in [6, 6.07) is 3.66.